The predicted octanol–water partition coefficient (Wildman–Crippen LogP) is -8.13. The van der Waals surface area contributed by atoms with Crippen molar-refractivity contribution in [3.05, 3.63) is 63.7 Å². The van der Waals surface area contributed by atoms with E-state index in [1.165, 1.54) is 13.2 Å². The van der Waals surface area contributed by atoms with Gasteiger partial charge in [0.1, 0.15) is 30.4 Å². The first-order valence-electron chi connectivity index (χ1n) is 9.51. The molecule has 0 aromatic heterocycles. The first kappa shape index (κ1) is 39.5. The molecule has 40 heavy (non-hydrogen) atoms. The Balaban J connectivity index is 0.00000507. The summed E-state index contributed by atoms with van der Waals surface area (Å²) in [5, 5.41) is 11.7. The van der Waals surface area contributed by atoms with Crippen LogP contribution >= 0.6 is 0 Å². The number of carbonyl (C=O) groups excluding carboxylic acids is 1. The van der Waals surface area contributed by atoms with Crippen LogP contribution in [-0.4, -0.2) is 56.9 Å². The third-order valence-electron chi connectivity index (χ3n) is 4.93. The number of carbonyl (C=O) groups is 1. The molecule has 0 unspecified atom stereocenters. The van der Waals surface area contributed by atoms with Crippen LogP contribution < -0.4 is 94.0 Å². The summed E-state index contributed by atoms with van der Waals surface area (Å²) in [5.41, 5.74) is -1.29. The van der Waals surface area contributed by atoms with Gasteiger partial charge in [-0.15, -0.1) is 0 Å². The maximum atomic E-state index is 12.9. The van der Waals surface area contributed by atoms with Gasteiger partial charge in [0.05, 0.1) is 37.5 Å². The van der Waals surface area contributed by atoms with E-state index >= 15 is 0 Å². The molecule has 0 atom stereocenters. The number of fused-ring (bicyclic) bond motifs is 1. The van der Waals surface area contributed by atoms with Crippen LogP contribution in [0.25, 0.3) is 10.8 Å². The van der Waals surface area contributed by atoms with Gasteiger partial charge in [0.2, 0.25) is 0 Å². The fourth-order valence-electron chi connectivity index (χ4n) is 3.41. The molecule has 0 radical (unpaired) electrons. The molecule has 0 aliphatic heterocycles. The number of ether oxygens (including phenoxy) is 1. The second-order valence-corrected chi connectivity index (χ2v) is 11.4. The largest absolute Gasteiger partial charge is 1.00 e. The van der Waals surface area contributed by atoms with Crippen LogP contribution in [0, 0.1) is 10.1 Å². The van der Waals surface area contributed by atoms with Crippen molar-refractivity contribution < 1.29 is 142 Å². The number of hydrogen-bond donors (Lipinski definition) is 1. The molecule has 0 saturated carbocycles. The van der Waals surface area contributed by atoms with Crippen molar-refractivity contribution in [3.8, 4) is 0 Å². The zero-order valence-corrected chi connectivity index (χ0v) is 29.7. The van der Waals surface area contributed by atoms with E-state index < -0.39 is 78.0 Å². The number of rotatable bonds is 8. The molecule has 1 N–H and O–H groups in total. The molecule has 198 valence electrons. The van der Waals surface area contributed by atoms with Crippen LogP contribution in [0.1, 0.15) is 15.9 Å². The van der Waals surface area contributed by atoms with Gasteiger partial charge in [-0.2, -0.15) is 0 Å². The molecule has 15 nitrogen and oxygen atoms in total. The number of nitro groups is 1. The molecule has 21 heteroatoms. The quantitative estimate of drug-likeness (QED) is 0.104. The van der Waals surface area contributed by atoms with Crippen molar-refractivity contribution in [1.29, 1.82) is 0 Å². The summed E-state index contributed by atoms with van der Waals surface area (Å²) >= 11 is 0. The second kappa shape index (κ2) is 14.8. The van der Waals surface area contributed by atoms with Gasteiger partial charge in [-0.3, -0.25) is 14.9 Å². The fourth-order valence-corrected chi connectivity index (χ4v) is 5.41. The molecule has 1 amide bonds. The van der Waals surface area contributed by atoms with Gasteiger partial charge in [-0.25, -0.2) is 25.3 Å². The molecule has 0 saturated heterocycles. The van der Waals surface area contributed by atoms with Crippen molar-refractivity contribution in [3.63, 3.8) is 0 Å². The third-order valence-corrected chi connectivity index (χ3v) is 7.50. The van der Waals surface area contributed by atoms with Crippen LogP contribution in [0.2, 0.25) is 0 Å². The van der Waals surface area contributed by atoms with Crippen LogP contribution in [-0.2, 0) is 41.7 Å². The van der Waals surface area contributed by atoms with Gasteiger partial charge in [0, 0.05) is 29.5 Å². The molecule has 0 heterocycles. The Morgan fingerprint density at radius 1 is 0.850 bits per heavy atom. The van der Waals surface area contributed by atoms with E-state index in [9.17, 15) is 53.8 Å². The molecular weight excluding hydrogens is 629 g/mol. The fraction of sp³-hybridized carbons (Fsp3) is 0.105. The number of methoxy groups -OCH3 is 1. The van der Waals surface area contributed by atoms with Crippen molar-refractivity contribution >= 4 is 58.4 Å². The topological polar surface area (TPSA) is 253 Å². The summed E-state index contributed by atoms with van der Waals surface area (Å²) in [4.78, 5) is 19.5. The normalized spacial score (nSPS) is 11.5. The Labute approximate surface area is 294 Å². The van der Waals surface area contributed by atoms with Crippen molar-refractivity contribution in [2.75, 3.05) is 12.4 Å². The van der Waals surface area contributed by atoms with Crippen LogP contribution in [0.15, 0.2) is 57.2 Å². The molecule has 0 fully saturated rings. The minimum Gasteiger partial charge on any atom is -0.744 e. The number of nitrogens with one attached hydrogen (secondary N) is 1. The predicted molar refractivity (Wildman–Crippen MR) is 120 cm³/mol. The molecule has 3 rings (SSSR count). The van der Waals surface area contributed by atoms with Gasteiger partial charge in [-0.05, 0) is 36.4 Å². The Kier molecular flexibility index (Phi) is 14.6. The minimum absolute atomic E-state index is 0. The maximum Gasteiger partial charge on any atom is 1.00 e. The first-order valence-corrected chi connectivity index (χ1v) is 13.7. The number of anilines is 1. The molecule has 0 aliphatic carbocycles. The van der Waals surface area contributed by atoms with E-state index in [1.54, 1.807) is 0 Å². The van der Waals surface area contributed by atoms with Gasteiger partial charge >= 0.3 is 88.7 Å². The van der Waals surface area contributed by atoms with Gasteiger partial charge in [0.25, 0.3) is 11.6 Å². The number of benzene rings is 3. The van der Waals surface area contributed by atoms with Crippen LogP contribution in [0.5, 0.6) is 0 Å². The number of amides is 1. The minimum atomic E-state index is -5.63. The second-order valence-electron chi connectivity index (χ2n) is 7.31. The smallest absolute Gasteiger partial charge is 0.744 e. The average Bonchev–Trinajstić information content (AvgIpc) is 2.76. The molecule has 0 aliphatic rings. The van der Waals surface area contributed by atoms with E-state index in [1.807, 2.05) is 0 Å². The van der Waals surface area contributed by atoms with E-state index in [2.05, 4.69) is 5.32 Å². The summed E-state index contributed by atoms with van der Waals surface area (Å²) in [5.74, 6) is -1.10. The van der Waals surface area contributed by atoms with E-state index in [0.29, 0.717) is 12.1 Å². The van der Waals surface area contributed by atoms with E-state index in [4.69, 9.17) is 4.74 Å². The monoisotopic (exact) mass is 642 g/mol. The molecule has 0 bridgehead atoms. The average molecular weight is 642 g/mol. The molecule has 3 aromatic carbocycles. The van der Waals surface area contributed by atoms with Crippen LogP contribution in [0.4, 0.5) is 11.4 Å². The third kappa shape index (κ3) is 8.99. The van der Waals surface area contributed by atoms with Crippen molar-refractivity contribution in [1.82, 2.24) is 0 Å². The SMILES string of the molecule is COCc1ccc(C(=O)Nc2ccc(S(=O)(=O)[O-])c3cc(S(=O)(=O)[O-])cc(S(=O)(=O)[O-])c23)cc1[N+](=O)[O-].[Na+].[Na+].[Na+]. The summed E-state index contributed by atoms with van der Waals surface area (Å²) in [6.07, 6.45) is 0. The van der Waals surface area contributed by atoms with Gasteiger partial charge in [0.15, 0.2) is 0 Å². The Bertz CT molecular complexity index is 1800. The maximum absolute atomic E-state index is 12.9. The number of hydrogen-bond acceptors (Lipinski definition) is 13. The summed E-state index contributed by atoms with van der Waals surface area (Å²) in [6, 6.07) is 5.11. The molecule has 3 aromatic rings. The van der Waals surface area contributed by atoms with E-state index in [-0.39, 0.29) is 112 Å². The van der Waals surface area contributed by atoms with Gasteiger partial charge in [-0.1, -0.05) is 0 Å². The van der Waals surface area contributed by atoms with Crippen LogP contribution in [0.3, 0.4) is 0 Å². The summed E-state index contributed by atoms with van der Waals surface area (Å²) < 4.78 is 110. The number of nitro benzene ring substituents is 1. The first-order chi connectivity index (χ1) is 16.9. The standard InChI is InChI=1S/C19H16N2O13S3.3Na/c1-34-9-11-3-2-10(6-15(11)21(23)24)19(22)20-14-4-5-16(36(28,29)30)13-7-12(35(25,26)27)8-17(18(13)14)37(31,32)33;;;/h2-8H,9H2,1H3,(H,20,22)(H,25,26,27)(H,28,29,30)(H,31,32,33);;;/q;3*+1/p-3. The Hall–Kier alpha value is -0.520. The van der Waals surface area contributed by atoms with E-state index in [0.717, 1.165) is 18.2 Å². The zero-order valence-electron chi connectivity index (χ0n) is 21.2. The van der Waals surface area contributed by atoms with Crippen molar-refractivity contribution in [2.24, 2.45) is 0 Å². The zero-order chi connectivity index (χ0) is 27.9. The number of nitrogens with zero attached hydrogens (tertiary/aromatic N) is 1. The van der Waals surface area contributed by atoms with Crippen molar-refractivity contribution in [2.45, 2.75) is 21.3 Å². The molecular formula is C19H13N2Na3O13S3. The molecule has 0 spiro atoms. The Morgan fingerprint density at radius 2 is 1.43 bits per heavy atom. The summed E-state index contributed by atoms with van der Waals surface area (Å²) in [7, 11) is -15.2. The summed E-state index contributed by atoms with van der Waals surface area (Å²) in [6.45, 7) is -0.163. The Morgan fingerprint density at radius 3 is 1.90 bits per heavy atom. The van der Waals surface area contributed by atoms with Gasteiger partial charge < -0.3 is 23.7 Å².